The second kappa shape index (κ2) is 5.86. The topological polar surface area (TPSA) is 61.6 Å². The normalized spacial score (nSPS) is 39.3. The van der Waals surface area contributed by atoms with Crippen molar-refractivity contribution in [3.8, 4) is 0 Å². The van der Waals surface area contributed by atoms with Gasteiger partial charge in [0.1, 0.15) is 0 Å². The van der Waals surface area contributed by atoms with Crippen molar-refractivity contribution < 1.29 is 4.79 Å². The Morgan fingerprint density at radius 1 is 1.29 bits per heavy atom. The van der Waals surface area contributed by atoms with Gasteiger partial charge in [-0.05, 0) is 52.5 Å². The van der Waals surface area contributed by atoms with Crippen molar-refractivity contribution in [1.82, 2.24) is 15.1 Å². The van der Waals surface area contributed by atoms with E-state index in [-0.39, 0.29) is 5.91 Å². The highest BCUT2D eigenvalue weighted by Gasteiger charge is 2.46. The van der Waals surface area contributed by atoms with Gasteiger partial charge in [-0.25, -0.2) is 0 Å². The van der Waals surface area contributed by atoms with Crippen LogP contribution in [0.5, 0.6) is 0 Å². The molecule has 2 saturated carbocycles. The van der Waals surface area contributed by atoms with Gasteiger partial charge in [0.15, 0.2) is 0 Å². The minimum Gasteiger partial charge on any atom is -0.368 e. The van der Waals surface area contributed by atoms with Crippen LogP contribution in [0, 0.1) is 0 Å². The molecule has 3 rings (SSSR count). The Balaban J connectivity index is 1.70. The number of primary amides is 1. The number of hydrogen-bond acceptors (Lipinski definition) is 4. The van der Waals surface area contributed by atoms with Crippen LogP contribution in [0.2, 0.25) is 0 Å². The maximum Gasteiger partial charge on any atom is 0.237 e. The summed E-state index contributed by atoms with van der Waals surface area (Å²) in [5.74, 6) is -0.138. The fourth-order valence-electron chi connectivity index (χ4n) is 4.27. The number of carbonyl (C=O) groups excluding carboxylic acids is 1. The van der Waals surface area contributed by atoms with Crippen LogP contribution in [0.3, 0.4) is 0 Å². The van der Waals surface area contributed by atoms with Gasteiger partial charge in [-0.15, -0.1) is 0 Å². The highest BCUT2D eigenvalue weighted by molar-refractivity contribution is 5.85. The maximum atomic E-state index is 12.1. The number of piperazine rings is 1. The number of nitrogens with two attached hydrogens (primary N) is 1. The Morgan fingerprint density at radius 3 is 2.67 bits per heavy atom. The predicted octanol–water partition coefficient (Wildman–Crippen LogP) is 0.541. The summed E-state index contributed by atoms with van der Waals surface area (Å²) in [4.78, 5) is 17.1. The second-order valence-corrected chi connectivity index (χ2v) is 7.46. The third-order valence-electron chi connectivity index (χ3n) is 5.61. The van der Waals surface area contributed by atoms with E-state index in [4.69, 9.17) is 5.73 Å². The lowest BCUT2D eigenvalue weighted by Crippen LogP contribution is -2.63. The first-order chi connectivity index (χ1) is 10.00. The number of rotatable bonds is 4. The van der Waals surface area contributed by atoms with Crippen molar-refractivity contribution in [2.45, 2.75) is 69.1 Å². The Hall–Kier alpha value is -0.650. The highest BCUT2D eigenvalue weighted by Crippen LogP contribution is 2.35. The molecule has 21 heavy (non-hydrogen) atoms. The van der Waals surface area contributed by atoms with Gasteiger partial charge in [0.25, 0.3) is 0 Å². The van der Waals surface area contributed by atoms with Gasteiger partial charge in [0.2, 0.25) is 5.91 Å². The van der Waals surface area contributed by atoms with Crippen LogP contribution in [0.15, 0.2) is 0 Å². The third kappa shape index (κ3) is 3.25. The zero-order chi connectivity index (χ0) is 15.0. The van der Waals surface area contributed by atoms with Crippen LogP contribution in [0.4, 0.5) is 0 Å². The zero-order valence-corrected chi connectivity index (χ0v) is 13.5. The molecule has 0 aromatic carbocycles. The van der Waals surface area contributed by atoms with E-state index < -0.39 is 5.54 Å². The summed E-state index contributed by atoms with van der Waals surface area (Å²) < 4.78 is 0. The molecule has 5 nitrogen and oxygen atoms in total. The van der Waals surface area contributed by atoms with E-state index in [9.17, 15) is 4.79 Å². The van der Waals surface area contributed by atoms with Crippen LogP contribution in [0.25, 0.3) is 0 Å². The van der Waals surface area contributed by atoms with Gasteiger partial charge in [-0.3, -0.25) is 9.69 Å². The van der Waals surface area contributed by atoms with E-state index in [1.165, 1.54) is 19.3 Å². The van der Waals surface area contributed by atoms with Crippen molar-refractivity contribution in [2.24, 2.45) is 5.73 Å². The average molecular weight is 294 g/mol. The van der Waals surface area contributed by atoms with Gasteiger partial charge < -0.3 is 16.0 Å². The molecule has 0 radical (unpaired) electrons. The molecule has 1 heterocycles. The smallest absolute Gasteiger partial charge is 0.237 e. The minimum atomic E-state index is -0.451. The molecule has 1 amide bonds. The zero-order valence-electron chi connectivity index (χ0n) is 13.5. The van der Waals surface area contributed by atoms with Crippen molar-refractivity contribution >= 4 is 5.91 Å². The maximum absolute atomic E-state index is 12.1. The fourth-order valence-corrected chi connectivity index (χ4v) is 4.27. The average Bonchev–Trinajstić information content (AvgIpc) is 3.22. The lowest BCUT2D eigenvalue weighted by atomic mass is 9.77. The first-order valence-electron chi connectivity index (χ1n) is 8.52. The molecule has 0 aromatic rings. The summed E-state index contributed by atoms with van der Waals surface area (Å²) in [6.45, 7) is 5.67. The standard InChI is InChI=1S/C16H30N4O/c1-12-11-19(2)8-9-20(12)14-4-3-7-16(10-14,15(17)21)18-13-5-6-13/h12-14,18H,3-11H2,1-2H3,(H2,17,21). The second-order valence-electron chi connectivity index (χ2n) is 7.46. The largest absolute Gasteiger partial charge is 0.368 e. The van der Waals surface area contributed by atoms with Crippen LogP contribution in [-0.2, 0) is 4.79 Å². The molecule has 0 aromatic heterocycles. The molecule has 1 saturated heterocycles. The van der Waals surface area contributed by atoms with E-state index in [0.29, 0.717) is 18.1 Å². The molecule has 3 unspecified atom stereocenters. The number of carbonyl (C=O) groups is 1. The first kappa shape index (κ1) is 15.3. The number of hydrogen-bond donors (Lipinski definition) is 2. The molecule has 5 heteroatoms. The summed E-state index contributed by atoms with van der Waals surface area (Å²) in [5, 5.41) is 3.59. The lowest BCUT2D eigenvalue weighted by Gasteiger charge is -2.48. The van der Waals surface area contributed by atoms with E-state index in [1.807, 2.05) is 0 Å². The van der Waals surface area contributed by atoms with Gasteiger partial charge in [0, 0.05) is 37.8 Å². The molecular weight excluding hydrogens is 264 g/mol. The molecular formula is C16H30N4O. The molecule has 120 valence electrons. The van der Waals surface area contributed by atoms with Gasteiger partial charge >= 0.3 is 0 Å². The van der Waals surface area contributed by atoms with Crippen LogP contribution < -0.4 is 11.1 Å². The fraction of sp³-hybridized carbons (Fsp3) is 0.938. The van der Waals surface area contributed by atoms with Gasteiger partial charge in [-0.2, -0.15) is 0 Å². The van der Waals surface area contributed by atoms with E-state index in [2.05, 4.69) is 29.1 Å². The number of nitrogens with one attached hydrogen (secondary N) is 1. The molecule has 0 bridgehead atoms. The van der Waals surface area contributed by atoms with Crippen LogP contribution in [-0.4, -0.2) is 66.1 Å². The summed E-state index contributed by atoms with van der Waals surface area (Å²) in [7, 11) is 2.19. The lowest BCUT2D eigenvalue weighted by molar-refractivity contribution is -0.127. The summed E-state index contributed by atoms with van der Waals surface area (Å²) >= 11 is 0. The molecule has 1 aliphatic heterocycles. The first-order valence-corrected chi connectivity index (χ1v) is 8.52. The predicted molar refractivity (Wildman–Crippen MR) is 84.0 cm³/mol. The molecule has 3 N–H and O–H groups in total. The number of amides is 1. The van der Waals surface area contributed by atoms with Crippen molar-refractivity contribution in [3.63, 3.8) is 0 Å². The van der Waals surface area contributed by atoms with Gasteiger partial charge in [-0.1, -0.05) is 0 Å². The Kier molecular flexibility index (Phi) is 4.26. The number of likely N-dealkylation sites (N-methyl/N-ethyl adjacent to an activating group) is 1. The van der Waals surface area contributed by atoms with E-state index in [1.54, 1.807) is 0 Å². The minimum absolute atomic E-state index is 0.138. The molecule has 3 aliphatic rings. The summed E-state index contributed by atoms with van der Waals surface area (Å²) in [6, 6.07) is 1.60. The molecule has 2 aliphatic carbocycles. The van der Waals surface area contributed by atoms with Gasteiger partial charge in [0.05, 0.1) is 5.54 Å². The van der Waals surface area contributed by atoms with Crippen LogP contribution >= 0.6 is 0 Å². The SMILES string of the molecule is CC1CN(C)CCN1C1CCCC(NC2CC2)(C(N)=O)C1. The van der Waals surface area contributed by atoms with Crippen LogP contribution in [0.1, 0.15) is 45.4 Å². The number of nitrogens with zero attached hydrogens (tertiary/aromatic N) is 2. The Bertz CT molecular complexity index is 398. The third-order valence-corrected chi connectivity index (χ3v) is 5.61. The molecule has 3 fully saturated rings. The quantitative estimate of drug-likeness (QED) is 0.794. The Labute approximate surface area is 128 Å². The van der Waals surface area contributed by atoms with E-state index >= 15 is 0 Å². The summed E-state index contributed by atoms with van der Waals surface area (Å²) in [6.07, 6.45) is 6.52. The Morgan fingerprint density at radius 2 is 2.05 bits per heavy atom. The van der Waals surface area contributed by atoms with Crippen molar-refractivity contribution in [2.75, 3.05) is 26.7 Å². The summed E-state index contributed by atoms with van der Waals surface area (Å²) in [5.41, 5.74) is 5.35. The molecule has 3 atom stereocenters. The van der Waals surface area contributed by atoms with Crippen molar-refractivity contribution in [3.05, 3.63) is 0 Å². The molecule has 0 spiro atoms. The highest BCUT2D eigenvalue weighted by atomic mass is 16.1. The monoisotopic (exact) mass is 294 g/mol. The van der Waals surface area contributed by atoms with Crippen molar-refractivity contribution in [1.29, 1.82) is 0 Å². The van der Waals surface area contributed by atoms with E-state index in [0.717, 1.165) is 38.9 Å².